The highest BCUT2D eigenvalue weighted by Crippen LogP contribution is 2.33. The van der Waals surface area contributed by atoms with Gasteiger partial charge in [0.15, 0.2) is 5.88 Å². The van der Waals surface area contributed by atoms with Gasteiger partial charge in [0.25, 0.3) is 0 Å². The summed E-state index contributed by atoms with van der Waals surface area (Å²) in [5.74, 6) is 0.655. The molecule has 0 aliphatic carbocycles. The summed E-state index contributed by atoms with van der Waals surface area (Å²) in [4.78, 5) is 0. The van der Waals surface area contributed by atoms with Crippen LogP contribution in [0.1, 0.15) is 104 Å². The average molecular weight is 322 g/mol. The molecule has 0 aromatic rings. The van der Waals surface area contributed by atoms with Crippen LogP contribution in [0.3, 0.4) is 0 Å². The minimum absolute atomic E-state index is 0.165. The van der Waals surface area contributed by atoms with Gasteiger partial charge in [-0.15, -0.1) is 0 Å². The lowest BCUT2D eigenvalue weighted by atomic mass is 9.84. The van der Waals surface area contributed by atoms with Crippen LogP contribution in [0.15, 0.2) is 24.4 Å². The lowest BCUT2D eigenvalue weighted by Crippen LogP contribution is -2.22. The second kappa shape index (κ2) is 11.6. The first kappa shape index (κ1) is 20.1. The van der Waals surface area contributed by atoms with Crippen LogP contribution in [0.4, 0.5) is 0 Å². The zero-order valence-electron chi connectivity index (χ0n) is 15.9. The summed E-state index contributed by atoms with van der Waals surface area (Å²) in [5, 5.41) is 3.23. The molecule has 0 saturated carbocycles. The highest BCUT2D eigenvalue weighted by Gasteiger charge is 2.26. The van der Waals surface area contributed by atoms with Crippen molar-refractivity contribution in [3.05, 3.63) is 24.4 Å². The summed E-state index contributed by atoms with van der Waals surface area (Å²) >= 11 is 0. The van der Waals surface area contributed by atoms with Crippen molar-refractivity contribution in [1.82, 2.24) is 5.32 Å². The molecule has 0 atom stereocenters. The fourth-order valence-electron chi connectivity index (χ4n) is 3.21. The quantitative estimate of drug-likeness (QED) is 0.346. The average Bonchev–Trinajstić information content (AvgIpc) is 2.96. The van der Waals surface area contributed by atoms with Gasteiger partial charge >= 0.3 is 0 Å². The molecule has 1 N–H and O–H groups in total. The minimum atomic E-state index is 0.165. The third kappa shape index (κ3) is 9.07. The van der Waals surface area contributed by atoms with Gasteiger partial charge in [0.1, 0.15) is 6.26 Å². The molecule has 0 saturated heterocycles. The molecular weight excluding hydrogens is 282 g/mol. The molecule has 2 nitrogen and oxygen atoms in total. The molecule has 0 radical (unpaired) electrons. The van der Waals surface area contributed by atoms with E-state index in [4.69, 9.17) is 4.74 Å². The van der Waals surface area contributed by atoms with Crippen LogP contribution < -0.4 is 5.32 Å². The van der Waals surface area contributed by atoms with Crippen molar-refractivity contribution >= 4 is 0 Å². The van der Waals surface area contributed by atoms with Gasteiger partial charge in [-0.3, -0.25) is 0 Å². The zero-order valence-corrected chi connectivity index (χ0v) is 15.9. The normalized spacial score (nSPS) is 14.6. The van der Waals surface area contributed by atoms with Gasteiger partial charge in [-0.05, 0) is 13.0 Å². The monoisotopic (exact) mass is 321 g/mol. The van der Waals surface area contributed by atoms with E-state index in [9.17, 15) is 0 Å². The Morgan fingerprint density at radius 2 is 1.35 bits per heavy atom. The zero-order chi connectivity index (χ0) is 17.0. The van der Waals surface area contributed by atoms with Crippen LogP contribution in [0.5, 0.6) is 0 Å². The number of hydrogen-bond acceptors (Lipinski definition) is 2. The first-order valence-electron chi connectivity index (χ1n) is 9.89. The molecule has 0 amide bonds. The predicted octanol–water partition coefficient (Wildman–Crippen LogP) is 7.04. The minimum Gasteiger partial charge on any atom is -0.448 e. The maximum Gasteiger partial charge on any atom is 0.189 e. The van der Waals surface area contributed by atoms with Gasteiger partial charge in [0.2, 0.25) is 0 Å². The molecule has 1 aliphatic heterocycles. The smallest absolute Gasteiger partial charge is 0.189 e. The Bertz CT molecular complexity index is 357. The maximum absolute atomic E-state index is 5.30. The molecule has 0 fully saturated rings. The molecule has 1 heterocycles. The Hall–Kier alpha value is -0.920. The summed E-state index contributed by atoms with van der Waals surface area (Å²) in [6.45, 7) is 10.7. The molecule has 0 aromatic heterocycles. The predicted molar refractivity (Wildman–Crippen MR) is 101 cm³/mol. The fraction of sp³-hybridized carbons (Fsp3) is 0.810. The number of allylic oxidation sites excluding steroid dienone is 1. The van der Waals surface area contributed by atoms with Gasteiger partial charge < -0.3 is 10.1 Å². The fourth-order valence-corrected chi connectivity index (χ4v) is 3.21. The van der Waals surface area contributed by atoms with Crippen molar-refractivity contribution in [2.45, 2.75) is 104 Å². The number of rotatable bonds is 14. The molecule has 0 bridgehead atoms. The molecule has 134 valence electrons. The van der Waals surface area contributed by atoms with E-state index in [1.54, 1.807) is 0 Å². The van der Waals surface area contributed by atoms with Crippen LogP contribution in [0, 0.1) is 5.41 Å². The summed E-state index contributed by atoms with van der Waals surface area (Å²) in [7, 11) is 0. The summed E-state index contributed by atoms with van der Waals surface area (Å²) < 4.78 is 5.30. The van der Waals surface area contributed by atoms with Crippen molar-refractivity contribution in [2.75, 3.05) is 0 Å². The third-order valence-corrected chi connectivity index (χ3v) is 4.98. The van der Waals surface area contributed by atoms with Crippen molar-refractivity contribution < 1.29 is 4.74 Å². The lowest BCUT2D eigenvalue weighted by molar-refractivity contribution is 0.359. The molecular formula is C21H39NO. The van der Waals surface area contributed by atoms with Crippen LogP contribution >= 0.6 is 0 Å². The van der Waals surface area contributed by atoms with Crippen LogP contribution in [0.25, 0.3) is 0 Å². The van der Waals surface area contributed by atoms with E-state index in [0.29, 0.717) is 5.88 Å². The lowest BCUT2D eigenvalue weighted by Gasteiger charge is -2.25. The first-order chi connectivity index (χ1) is 11.1. The molecule has 1 rings (SSSR count). The molecule has 1 aliphatic rings. The summed E-state index contributed by atoms with van der Waals surface area (Å²) in [5.41, 5.74) is 1.34. The Morgan fingerprint density at radius 3 is 1.78 bits per heavy atom. The SMILES string of the molecule is C=C1NC(C(C)(C)CCCCCCCCCCCCCC)=CO1. The van der Waals surface area contributed by atoms with Gasteiger partial charge in [-0.1, -0.05) is 97.8 Å². The standard InChI is InChI=1S/C21H39NO/c1-5-6-7-8-9-10-11-12-13-14-15-16-17-21(3,4)20-18-23-19(2)22-20/h18,22H,2,5-17H2,1,3-4H3. The van der Waals surface area contributed by atoms with E-state index in [2.05, 4.69) is 32.7 Å². The van der Waals surface area contributed by atoms with Crippen molar-refractivity contribution in [3.8, 4) is 0 Å². The van der Waals surface area contributed by atoms with Crippen LogP contribution in [0.2, 0.25) is 0 Å². The number of ether oxygens (including phenoxy) is 1. The number of nitrogens with one attached hydrogen (secondary N) is 1. The largest absolute Gasteiger partial charge is 0.448 e. The van der Waals surface area contributed by atoms with E-state index in [0.717, 1.165) is 0 Å². The van der Waals surface area contributed by atoms with E-state index in [1.165, 1.54) is 89.2 Å². The van der Waals surface area contributed by atoms with E-state index in [-0.39, 0.29) is 5.41 Å². The van der Waals surface area contributed by atoms with E-state index < -0.39 is 0 Å². The Balaban J connectivity index is 1.90. The second-order valence-electron chi connectivity index (χ2n) is 7.72. The Kier molecular flexibility index (Phi) is 10.1. The number of unbranched alkanes of at least 4 members (excludes halogenated alkanes) is 11. The highest BCUT2D eigenvalue weighted by molar-refractivity contribution is 5.16. The van der Waals surface area contributed by atoms with Gasteiger partial charge in [-0.25, -0.2) is 0 Å². The third-order valence-electron chi connectivity index (χ3n) is 4.98. The van der Waals surface area contributed by atoms with E-state index in [1.807, 2.05) is 6.26 Å². The first-order valence-corrected chi connectivity index (χ1v) is 9.89. The van der Waals surface area contributed by atoms with Gasteiger partial charge in [0.05, 0.1) is 5.70 Å². The highest BCUT2D eigenvalue weighted by atomic mass is 16.5. The van der Waals surface area contributed by atoms with Gasteiger partial charge in [0, 0.05) is 5.41 Å². The second-order valence-corrected chi connectivity index (χ2v) is 7.72. The van der Waals surface area contributed by atoms with Crippen LogP contribution in [-0.2, 0) is 4.74 Å². The number of hydrogen-bond donors (Lipinski definition) is 1. The van der Waals surface area contributed by atoms with Crippen LogP contribution in [-0.4, -0.2) is 0 Å². The molecule has 0 spiro atoms. The Labute approximate surface area is 144 Å². The van der Waals surface area contributed by atoms with Crippen molar-refractivity contribution in [2.24, 2.45) is 5.41 Å². The maximum atomic E-state index is 5.30. The van der Waals surface area contributed by atoms with Crippen molar-refractivity contribution in [1.29, 1.82) is 0 Å². The molecule has 0 unspecified atom stereocenters. The molecule has 23 heavy (non-hydrogen) atoms. The molecule has 0 aromatic carbocycles. The summed E-state index contributed by atoms with van der Waals surface area (Å²) in [6.07, 6.45) is 19.9. The Morgan fingerprint density at radius 1 is 0.870 bits per heavy atom. The van der Waals surface area contributed by atoms with E-state index >= 15 is 0 Å². The van der Waals surface area contributed by atoms with Gasteiger partial charge in [-0.2, -0.15) is 0 Å². The van der Waals surface area contributed by atoms with Crippen molar-refractivity contribution in [3.63, 3.8) is 0 Å². The topological polar surface area (TPSA) is 21.3 Å². The molecule has 2 heteroatoms. The summed E-state index contributed by atoms with van der Waals surface area (Å²) in [6, 6.07) is 0.